The van der Waals surface area contributed by atoms with Crippen LogP contribution in [-0.2, 0) is 34.3 Å². The number of nitrogens with one attached hydrogen (secondary N) is 1. The number of nitriles is 1. The van der Waals surface area contributed by atoms with Crippen molar-refractivity contribution in [2.45, 2.75) is 38.3 Å². The SMILES string of the molecule is COc1ccc(CCNC(=O)/C(C#N)=C\c2ccc(CN(Cc3ccc(C)cc3)S(=O)(=O)c3ccc(C)cc3)o2)cc1OC. The van der Waals surface area contributed by atoms with Gasteiger partial charge in [-0.2, -0.15) is 9.57 Å². The molecule has 4 aromatic rings. The van der Waals surface area contributed by atoms with Gasteiger partial charge in [0.1, 0.15) is 23.2 Å². The Morgan fingerprint density at radius 1 is 0.886 bits per heavy atom. The number of rotatable bonds is 13. The first kappa shape index (κ1) is 32.1. The third-order valence-corrected chi connectivity index (χ3v) is 8.76. The van der Waals surface area contributed by atoms with E-state index in [1.807, 2.05) is 56.3 Å². The number of furan rings is 1. The number of hydrogen-bond donors (Lipinski definition) is 1. The summed E-state index contributed by atoms with van der Waals surface area (Å²) in [6.45, 7) is 4.25. The van der Waals surface area contributed by atoms with Crippen molar-refractivity contribution < 1.29 is 27.1 Å². The first-order valence-electron chi connectivity index (χ1n) is 13.9. The van der Waals surface area contributed by atoms with Crippen LogP contribution < -0.4 is 14.8 Å². The van der Waals surface area contributed by atoms with E-state index in [0.29, 0.717) is 30.2 Å². The highest BCUT2D eigenvalue weighted by Crippen LogP contribution is 2.28. The fourth-order valence-electron chi connectivity index (χ4n) is 4.46. The molecule has 9 nitrogen and oxygen atoms in total. The van der Waals surface area contributed by atoms with Gasteiger partial charge in [0.2, 0.25) is 10.0 Å². The Bertz CT molecular complexity index is 1770. The Kier molecular flexibility index (Phi) is 10.6. The van der Waals surface area contributed by atoms with E-state index < -0.39 is 15.9 Å². The van der Waals surface area contributed by atoms with Gasteiger partial charge < -0.3 is 19.2 Å². The number of sulfonamides is 1. The Hall–Kier alpha value is -4.85. The summed E-state index contributed by atoms with van der Waals surface area (Å²) in [5.74, 6) is 1.28. The van der Waals surface area contributed by atoms with Gasteiger partial charge in [-0.15, -0.1) is 0 Å². The Morgan fingerprint density at radius 2 is 1.52 bits per heavy atom. The number of hydrogen-bond acceptors (Lipinski definition) is 7. The highest BCUT2D eigenvalue weighted by atomic mass is 32.2. The summed E-state index contributed by atoms with van der Waals surface area (Å²) < 4.78 is 45.2. The van der Waals surface area contributed by atoms with E-state index in [-0.39, 0.29) is 29.3 Å². The zero-order chi connectivity index (χ0) is 31.7. The van der Waals surface area contributed by atoms with Crippen LogP contribution in [0.4, 0.5) is 0 Å². The highest BCUT2D eigenvalue weighted by Gasteiger charge is 2.26. The number of carbonyl (C=O) groups excluding carboxylic acids is 1. The van der Waals surface area contributed by atoms with Crippen LogP contribution in [0.5, 0.6) is 11.5 Å². The summed E-state index contributed by atoms with van der Waals surface area (Å²) in [6.07, 6.45) is 1.86. The van der Waals surface area contributed by atoms with Gasteiger partial charge in [0.05, 0.1) is 25.7 Å². The maximum atomic E-state index is 13.7. The first-order chi connectivity index (χ1) is 21.1. The topological polar surface area (TPSA) is 122 Å². The summed E-state index contributed by atoms with van der Waals surface area (Å²) in [6, 6.07) is 25.0. The van der Waals surface area contributed by atoms with Gasteiger partial charge >= 0.3 is 0 Å². The number of amides is 1. The molecule has 0 spiro atoms. The minimum Gasteiger partial charge on any atom is -0.493 e. The lowest BCUT2D eigenvalue weighted by Crippen LogP contribution is -2.30. The van der Waals surface area contributed by atoms with Crippen molar-refractivity contribution in [3.8, 4) is 17.6 Å². The van der Waals surface area contributed by atoms with Gasteiger partial charge in [-0.05, 0) is 67.8 Å². The van der Waals surface area contributed by atoms with Gasteiger partial charge in [-0.1, -0.05) is 53.6 Å². The number of benzene rings is 3. The van der Waals surface area contributed by atoms with Crippen molar-refractivity contribution in [3.05, 3.63) is 118 Å². The monoisotopic (exact) mass is 613 g/mol. The van der Waals surface area contributed by atoms with Crippen LogP contribution in [0.2, 0.25) is 0 Å². The quantitative estimate of drug-likeness (QED) is 0.155. The zero-order valence-electron chi connectivity index (χ0n) is 25.2. The Morgan fingerprint density at radius 3 is 2.16 bits per heavy atom. The molecule has 0 unspecified atom stereocenters. The molecule has 1 N–H and O–H groups in total. The molecule has 3 aromatic carbocycles. The highest BCUT2D eigenvalue weighted by molar-refractivity contribution is 7.89. The van der Waals surface area contributed by atoms with Crippen LogP contribution in [0.15, 0.2) is 93.7 Å². The number of methoxy groups -OCH3 is 2. The summed E-state index contributed by atoms with van der Waals surface area (Å²) in [5.41, 5.74) is 3.64. The first-order valence-corrected chi connectivity index (χ1v) is 15.4. The Balaban J connectivity index is 1.47. The number of aryl methyl sites for hydroxylation is 2. The average Bonchev–Trinajstić information content (AvgIpc) is 3.47. The lowest BCUT2D eigenvalue weighted by Gasteiger charge is -2.21. The predicted molar refractivity (Wildman–Crippen MR) is 167 cm³/mol. The number of nitrogens with zero attached hydrogens (tertiary/aromatic N) is 2. The lowest BCUT2D eigenvalue weighted by atomic mass is 10.1. The third kappa shape index (κ3) is 8.16. The molecule has 0 saturated heterocycles. The second-order valence-corrected chi connectivity index (χ2v) is 12.2. The number of ether oxygens (including phenoxy) is 2. The van der Waals surface area contributed by atoms with Gasteiger partial charge in [-0.3, -0.25) is 4.79 Å². The molecule has 0 bridgehead atoms. The van der Waals surface area contributed by atoms with Crippen molar-refractivity contribution >= 4 is 22.0 Å². The normalized spacial score (nSPS) is 11.7. The van der Waals surface area contributed by atoms with Gasteiger partial charge in [-0.25, -0.2) is 8.42 Å². The molecule has 44 heavy (non-hydrogen) atoms. The van der Waals surface area contributed by atoms with Crippen LogP contribution in [0.1, 0.15) is 33.8 Å². The molecule has 4 rings (SSSR count). The van der Waals surface area contributed by atoms with E-state index >= 15 is 0 Å². The molecule has 10 heteroatoms. The minimum atomic E-state index is -3.87. The molecule has 0 atom stereocenters. The maximum absolute atomic E-state index is 13.7. The van der Waals surface area contributed by atoms with E-state index in [9.17, 15) is 18.5 Å². The lowest BCUT2D eigenvalue weighted by molar-refractivity contribution is -0.117. The van der Waals surface area contributed by atoms with Crippen LogP contribution in [0.3, 0.4) is 0 Å². The molecular weight excluding hydrogens is 578 g/mol. The molecule has 0 aliphatic rings. The summed E-state index contributed by atoms with van der Waals surface area (Å²) in [4.78, 5) is 12.9. The second kappa shape index (κ2) is 14.6. The summed E-state index contributed by atoms with van der Waals surface area (Å²) in [5, 5.41) is 12.4. The van der Waals surface area contributed by atoms with Crippen LogP contribution in [0.25, 0.3) is 6.08 Å². The van der Waals surface area contributed by atoms with Crippen LogP contribution >= 0.6 is 0 Å². The van der Waals surface area contributed by atoms with Crippen LogP contribution in [-0.4, -0.2) is 39.4 Å². The molecule has 1 aromatic heterocycles. The van der Waals surface area contributed by atoms with Crippen molar-refractivity contribution in [1.82, 2.24) is 9.62 Å². The summed E-state index contributed by atoms with van der Waals surface area (Å²) in [7, 11) is -0.758. The average molecular weight is 614 g/mol. The molecule has 228 valence electrons. The van der Waals surface area contributed by atoms with E-state index in [2.05, 4.69) is 5.32 Å². The maximum Gasteiger partial charge on any atom is 0.262 e. The van der Waals surface area contributed by atoms with E-state index in [1.54, 1.807) is 56.7 Å². The largest absolute Gasteiger partial charge is 0.493 e. The van der Waals surface area contributed by atoms with Crippen molar-refractivity contribution in [2.24, 2.45) is 0 Å². The van der Waals surface area contributed by atoms with Gasteiger partial charge in [0.25, 0.3) is 5.91 Å². The molecule has 0 aliphatic heterocycles. The van der Waals surface area contributed by atoms with E-state index in [0.717, 1.165) is 22.3 Å². The summed E-state index contributed by atoms with van der Waals surface area (Å²) >= 11 is 0. The molecule has 0 radical (unpaired) electrons. The second-order valence-electron chi connectivity index (χ2n) is 10.2. The molecule has 0 fully saturated rings. The van der Waals surface area contributed by atoms with E-state index in [4.69, 9.17) is 13.9 Å². The molecule has 0 saturated carbocycles. The van der Waals surface area contributed by atoms with Crippen LogP contribution in [0, 0.1) is 25.2 Å². The number of carbonyl (C=O) groups is 1. The van der Waals surface area contributed by atoms with E-state index in [1.165, 1.54) is 10.4 Å². The van der Waals surface area contributed by atoms with Gasteiger partial charge in [0.15, 0.2) is 11.5 Å². The van der Waals surface area contributed by atoms with Crippen molar-refractivity contribution in [1.29, 1.82) is 5.26 Å². The predicted octanol–water partition coefficient (Wildman–Crippen LogP) is 5.57. The standard InChI is InChI=1S/C34H35N3O6S/c1-24-5-9-27(10-6-24)22-37(44(39,40)31-14-7-25(2)8-15-31)23-30-13-12-29(43-30)20-28(21-35)34(38)36-18-17-26-11-16-32(41-3)33(19-26)42-4/h5-16,19-20H,17-18,22-23H2,1-4H3,(H,36,38)/b28-20-. The molecule has 1 amide bonds. The fraction of sp³-hybridized carbons (Fsp3) is 0.235. The fourth-order valence-corrected chi connectivity index (χ4v) is 5.85. The zero-order valence-corrected chi connectivity index (χ0v) is 26.0. The molecular formula is C34H35N3O6S. The third-order valence-electron chi connectivity index (χ3n) is 6.95. The van der Waals surface area contributed by atoms with Gasteiger partial charge in [0, 0.05) is 19.2 Å². The molecule has 0 aliphatic carbocycles. The van der Waals surface area contributed by atoms with Crippen molar-refractivity contribution in [2.75, 3.05) is 20.8 Å². The van der Waals surface area contributed by atoms with Crippen molar-refractivity contribution in [3.63, 3.8) is 0 Å². The Labute approximate surface area is 258 Å². The molecule has 1 heterocycles. The smallest absolute Gasteiger partial charge is 0.262 e. The minimum absolute atomic E-state index is 0.0443.